The van der Waals surface area contributed by atoms with Crippen LogP contribution in [-0.2, 0) is 20.5 Å². The van der Waals surface area contributed by atoms with Crippen LogP contribution in [-0.4, -0.2) is 90.1 Å². The predicted molar refractivity (Wildman–Crippen MR) is 115 cm³/mol. The van der Waals surface area contributed by atoms with Gasteiger partial charge in [-0.25, -0.2) is 15.4 Å². The maximum atomic E-state index is 13.2. The first-order valence-electron chi connectivity index (χ1n) is 11.3. The van der Waals surface area contributed by atoms with Crippen molar-refractivity contribution in [2.75, 3.05) is 37.7 Å². The van der Waals surface area contributed by atoms with Crippen molar-refractivity contribution in [1.82, 2.24) is 31.5 Å². The Kier molecular flexibility index (Phi) is 9.14. The molecule has 0 spiro atoms. The molecule has 2 aliphatic heterocycles. The summed E-state index contributed by atoms with van der Waals surface area (Å²) in [7, 11) is 0. The van der Waals surface area contributed by atoms with Gasteiger partial charge in [0, 0.05) is 44.1 Å². The minimum absolute atomic E-state index is 0.0139. The summed E-state index contributed by atoms with van der Waals surface area (Å²) in [5.74, 6) is -3.99. The highest BCUT2D eigenvalue weighted by atomic mass is 19.4. The smallest absolute Gasteiger partial charge is 0.389 e. The molecule has 2 fully saturated rings. The molecule has 0 radical (unpaired) electrons. The number of halogens is 6. The van der Waals surface area contributed by atoms with Crippen LogP contribution in [0.4, 0.5) is 32.3 Å². The molecule has 0 aliphatic carbocycles. The van der Waals surface area contributed by atoms with E-state index in [2.05, 4.69) is 26.0 Å². The van der Waals surface area contributed by atoms with Gasteiger partial charge >= 0.3 is 12.4 Å². The summed E-state index contributed by atoms with van der Waals surface area (Å²) in [5, 5.41) is 15.6. The van der Waals surface area contributed by atoms with E-state index < -0.39 is 66.5 Å². The van der Waals surface area contributed by atoms with E-state index in [-0.39, 0.29) is 38.6 Å². The quantitative estimate of drug-likeness (QED) is 0.280. The number of alkyl halides is 6. The van der Waals surface area contributed by atoms with Crippen LogP contribution >= 0.6 is 0 Å². The molecule has 11 nitrogen and oxygen atoms in total. The number of nitrogens with zero attached hydrogens (tertiary/aromatic N) is 3. The van der Waals surface area contributed by atoms with Crippen LogP contribution in [0.3, 0.4) is 0 Å². The third kappa shape index (κ3) is 7.86. The van der Waals surface area contributed by atoms with Gasteiger partial charge in [0.2, 0.25) is 17.8 Å². The SMILES string of the molecule is C[C@@H](COCC(=O)N[C@H]1CCN(c2ncc(C(F)(F)F)cn2)C[C@@H]1O)NC1CNNC(=O)C1C(F)(F)F. The van der Waals surface area contributed by atoms with E-state index in [0.717, 1.165) is 0 Å². The minimum atomic E-state index is -4.74. The molecule has 1 aromatic heterocycles. The lowest BCUT2D eigenvalue weighted by Crippen LogP contribution is -2.65. The molecule has 2 amide bonds. The molecule has 1 aromatic rings. The van der Waals surface area contributed by atoms with E-state index in [1.54, 1.807) is 6.92 Å². The third-order valence-corrected chi connectivity index (χ3v) is 5.85. The van der Waals surface area contributed by atoms with Crippen molar-refractivity contribution >= 4 is 17.8 Å². The summed E-state index contributed by atoms with van der Waals surface area (Å²) in [6, 6.07) is -2.50. The number of hydrogen-bond donors (Lipinski definition) is 5. The van der Waals surface area contributed by atoms with E-state index >= 15 is 0 Å². The zero-order valence-electron chi connectivity index (χ0n) is 19.6. The summed E-state index contributed by atoms with van der Waals surface area (Å²) in [6.07, 6.45) is -8.81. The number of carbonyl (C=O) groups excluding carboxylic acids is 2. The number of aliphatic hydroxyl groups is 1. The Hall–Kier alpha value is -2.76. The van der Waals surface area contributed by atoms with E-state index in [9.17, 15) is 41.0 Å². The van der Waals surface area contributed by atoms with Crippen LogP contribution in [0.25, 0.3) is 0 Å². The molecule has 2 saturated heterocycles. The second-order valence-corrected chi connectivity index (χ2v) is 8.82. The van der Waals surface area contributed by atoms with Crippen LogP contribution in [0.15, 0.2) is 12.4 Å². The van der Waals surface area contributed by atoms with Crippen LogP contribution in [0, 0.1) is 5.92 Å². The van der Waals surface area contributed by atoms with Gasteiger partial charge in [-0.15, -0.1) is 0 Å². The predicted octanol–water partition coefficient (Wildman–Crippen LogP) is -0.273. The van der Waals surface area contributed by atoms with Gasteiger partial charge in [0.15, 0.2) is 5.92 Å². The number of piperidine rings is 1. The van der Waals surface area contributed by atoms with Crippen molar-refractivity contribution < 1.29 is 45.8 Å². The van der Waals surface area contributed by atoms with E-state index in [1.807, 2.05) is 5.43 Å². The normalized spacial score (nSPS) is 25.9. The van der Waals surface area contributed by atoms with Crippen molar-refractivity contribution in [3.63, 3.8) is 0 Å². The Morgan fingerprint density at radius 2 is 1.92 bits per heavy atom. The second-order valence-electron chi connectivity index (χ2n) is 8.82. The van der Waals surface area contributed by atoms with Gasteiger partial charge in [-0.05, 0) is 13.3 Å². The monoisotopic (exact) mass is 543 g/mol. The second kappa shape index (κ2) is 11.7. The van der Waals surface area contributed by atoms with Gasteiger partial charge in [0.25, 0.3) is 0 Å². The Balaban J connectivity index is 1.40. The molecular formula is C20H27F6N7O4. The number of anilines is 1. The van der Waals surface area contributed by atoms with Crippen molar-refractivity contribution in [2.45, 2.75) is 49.9 Å². The highest BCUT2D eigenvalue weighted by Crippen LogP contribution is 2.30. The highest BCUT2D eigenvalue weighted by molar-refractivity contribution is 5.80. The molecule has 2 aliphatic rings. The first kappa shape index (κ1) is 28.8. The number of β-amino-alcohol motifs (C(OH)–C–C–N with tert-alkyl or cyclic N) is 1. The lowest BCUT2D eigenvalue weighted by atomic mass is 9.96. The number of aliphatic hydroxyl groups excluding tert-OH is 1. The van der Waals surface area contributed by atoms with Gasteiger partial charge in [-0.1, -0.05) is 0 Å². The number of aromatic nitrogens is 2. The van der Waals surface area contributed by atoms with Crippen molar-refractivity contribution in [3.05, 3.63) is 18.0 Å². The van der Waals surface area contributed by atoms with Crippen molar-refractivity contribution in [2.24, 2.45) is 5.92 Å². The fraction of sp³-hybridized carbons (Fsp3) is 0.700. The Morgan fingerprint density at radius 3 is 2.51 bits per heavy atom. The number of hydrazine groups is 1. The van der Waals surface area contributed by atoms with E-state index in [0.29, 0.717) is 12.4 Å². The molecule has 3 rings (SSSR count). The Labute approximate surface area is 207 Å². The fourth-order valence-electron chi connectivity index (χ4n) is 4.06. The molecule has 0 bridgehead atoms. The van der Waals surface area contributed by atoms with Crippen LogP contribution in [0.5, 0.6) is 0 Å². The first-order valence-corrected chi connectivity index (χ1v) is 11.3. The number of hydrogen-bond acceptors (Lipinski definition) is 9. The third-order valence-electron chi connectivity index (χ3n) is 5.85. The molecule has 5 N–H and O–H groups in total. The van der Waals surface area contributed by atoms with Gasteiger partial charge in [-0.3, -0.25) is 15.0 Å². The van der Waals surface area contributed by atoms with E-state index in [4.69, 9.17) is 4.74 Å². The van der Waals surface area contributed by atoms with Crippen molar-refractivity contribution in [3.8, 4) is 0 Å². The van der Waals surface area contributed by atoms with Crippen LogP contribution in [0.1, 0.15) is 18.9 Å². The zero-order chi connectivity index (χ0) is 27.4. The maximum absolute atomic E-state index is 13.2. The number of rotatable bonds is 8. The molecule has 37 heavy (non-hydrogen) atoms. The minimum Gasteiger partial charge on any atom is -0.389 e. The molecular weight excluding hydrogens is 516 g/mol. The Bertz CT molecular complexity index is 933. The topological polar surface area (TPSA) is 141 Å². The lowest BCUT2D eigenvalue weighted by molar-refractivity contribution is -0.193. The average Bonchev–Trinajstić information content (AvgIpc) is 2.79. The van der Waals surface area contributed by atoms with Gasteiger partial charge in [0.1, 0.15) is 6.61 Å². The maximum Gasteiger partial charge on any atom is 0.419 e. The average molecular weight is 543 g/mol. The summed E-state index contributed by atoms with van der Waals surface area (Å²) in [4.78, 5) is 32.7. The lowest BCUT2D eigenvalue weighted by Gasteiger charge is -2.36. The van der Waals surface area contributed by atoms with E-state index in [1.165, 1.54) is 4.90 Å². The summed E-state index contributed by atoms with van der Waals surface area (Å²) < 4.78 is 82.9. The summed E-state index contributed by atoms with van der Waals surface area (Å²) in [5.41, 5.74) is 3.35. The van der Waals surface area contributed by atoms with Crippen molar-refractivity contribution in [1.29, 1.82) is 0 Å². The largest absolute Gasteiger partial charge is 0.419 e. The molecule has 17 heteroatoms. The number of carbonyl (C=O) groups is 2. The van der Waals surface area contributed by atoms with Gasteiger partial charge in [0.05, 0.1) is 24.3 Å². The highest BCUT2D eigenvalue weighted by Gasteiger charge is 2.51. The first-order chi connectivity index (χ1) is 17.3. The van der Waals surface area contributed by atoms with Gasteiger partial charge < -0.3 is 25.4 Å². The summed E-state index contributed by atoms with van der Waals surface area (Å²) >= 11 is 0. The molecule has 2 unspecified atom stereocenters. The number of ether oxygens (including phenoxy) is 1. The summed E-state index contributed by atoms with van der Waals surface area (Å²) in [6.45, 7) is 1.07. The molecule has 0 aromatic carbocycles. The molecule has 3 heterocycles. The standard InChI is InChI=1S/C20H27F6N7O4/c1-10(30-13-6-29-32-17(36)16(13)20(24,25)26)8-37-9-15(35)31-12-2-3-33(7-14(12)34)18-27-4-11(5-28-18)19(21,22)23/h4-5,10,12-14,16,29-30,34H,2-3,6-9H2,1H3,(H,31,35)(H,32,36)/t10-,12-,13?,14-,16?/m0/s1. The molecule has 5 atom stereocenters. The van der Waals surface area contributed by atoms with Crippen LogP contribution < -0.4 is 26.4 Å². The van der Waals surface area contributed by atoms with Gasteiger partial charge in [-0.2, -0.15) is 26.3 Å². The number of nitrogens with one attached hydrogen (secondary N) is 4. The molecule has 208 valence electrons. The van der Waals surface area contributed by atoms with Crippen LogP contribution in [0.2, 0.25) is 0 Å². The molecule has 0 saturated carbocycles. The Morgan fingerprint density at radius 1 is 1.24 bits per heavy atom. The zero-order valence-corrected chi connectivity index (χ0v) is 19.6. The number of amides is 2. The fourth-order valence-corrected chi connectivity index (χ4v) is 4.06.